The highest BCUT2D eigenvalue weighted by Gasteiger charge is 2.35. The van der Waals surface area contributed by atoms with Crippen molar-refractivity contribution in [2.45, 2.75) is 45.4 Å². The molecule has 2 aliphatic carbocycles. The van der Waals surface area contributed by atoms with E-state index in [0.29, 0.717) is 22.6 Å². The summed E-state index contributed by atoms with van der Waals surface area (Å²) in [6.07, 6.45) is 3.82. The molecule has 2 aliphatic rings. The van der Waals surface area contributed by atoms with Crippen molar-refractivity contribution in [3.8, 4) is 34.1 Å². The quantitative estimate of drug-likeness (QED) is 0.449. The van der Waals surface area contributed by atoms with Gasteiger partial charge in [-0.25, -0.2) is 13.2 Å². The highest BCUT2D eigenvalue weighted by atomic mass is 19.2. The largest absolute Gasteiger partial charge is 0.205 e. The molecule has 0 aliphatic heterocycles. The van der Waals surface area contributed by atoms with Gasteiger partial charge in [0, 0.05) is 11.1 Å². The molecule has 1 saturated carbocycles. The van der Waals surface area contributed by atoms with E-state index >= 15 is 0 Å². The summed E-state index contributed by atoms with van der Waals surface area (Å²) < 4.78 is 44.0. The summed E-state index contributed by atoms with van der Waals surface area (Å²) in [6.45, 7) is 3.81. The van der Waals surface area contributed by atoms with E-state index in [1.54, 1.807) is 25.1 Å². The van der Waals surface area contributed by atoms with Crippen LogP contribution >= 0.6 is 0 Å². The van der Waals surface area contributed by atoms with Crippen molar-refractivity contribution >= 4 is 0 Å². The molecular weight excluding hydrogens is 321 g/mol. The Labute approximate surface area is 146 Å². The molecule has 2 aromatic carbocycles. The molecule has 2 aromatic rings. The summed E-state index contributed by atoms with van der Waals surface area (Å²) in [5.41, 5.74) is 2.17. The molecule has 25 heavy (non-hydrogen) atoms. The fraction of sp³-hybridized carbons (Fsp3) is 0.364. The first-order valence-electron chi connectivity index (χ1n) is 8.80. The predicted octanol–water partition coefficient (Wildman–Crippen LogP) is 6.42. The van der Waals surface area contributed by atoms with Gasteiger partial charge in [0.2, 0.25) is 0 Å². The lowest BCUT2D eigenvalue weighted by Crippen LogP contribution is -2.15. The topological polar surface area (TPSA) is 0 Å². The van der Waals surface area contributed by atoms with Crippen LogP contribution in [0, 0.1) is 35.2 Å². The minimum atomic E-state index is -0.917. The Balaban J connectivity index is 1.80. The van der Waals surface area contributed by atoms with Gasteiger partial charge >= 0.3 is 0 Å². The zero-order chi connectivity index (χ0) is 17.7. The van der Waals surface area contributed by atoms with E-state index < -0.39 is 17.5 Å². The molecule has 0 spiro atoms. The van der Waals surface area contributed by atoms with Crippen molar-refractivity contribution in [3.63, 3.8) is 0 Å². The summed E-state index contributed by atoms with van der Waals surface area (Å²) in [5.74, 6) is 3.72. The van der Waals surface area contributed by atoms with Crippen LogP contribution in [0.15, 0.2) is 18.2 Å². The monoisotopic (exact) mass is 340 g/mol. The van der Waals surface area contributed by atoms with Crippen LogP contribution in [0.25, 0.3) is 22.3 Å². The Morgan fingerprint density at radius 2 is 1.56 bits per heavy atom. The second-order valence-corrected chi connectivity index (χ2v) is 7.20. The minimum Gasteiger partial charge on any atom is -0.205 e. The molecule has 0 nitrogen and oxygen atoms in total. The predicted molar refractivity (Wildman–Crippen MR) is 93.7 cm³/mol. The summed E-state index contributed by atoms with van der Waals surface area (Å²) in [6, 6.07) is 5.10. The van der Waals surface area contributed by atoms with Gasteiger partial charge in [-0.3, -0.25) is 0 Å². The number of hydrogen-bond acceptors (Lipinski definition) is 0. The lowest BCUT2D eigenvalue weighted by Gasteiger charge is -2.31. The lowest BCUT2D eigenvalue weighted by molar-refractivity contribution is 0.339. The highest BCUT2D eigenvalue weighted by Crippen LogP contribution is 2.53. The molecular formula is C22H19F3. The number of benzene rings is 2. The lowest BCUT2D eigenvalue weighted by atomic mass is 9.74. The average Bonchev–Trinajstić information content (AvgIpc) is 2.58. The minimum absolute atomic E-state index is 0.0510. The Morgan fingerprint density at radius 3 is 2.24 bits per heavy atom. The maximum absolute atomic E-state index is 14.7. The van der Waals surface area contributed by atoms with Crippen LogP contribution in [-0.2, 0) is 0 Å². The molecule has 4 rings (SSSR count). The first-order chi connectivity index (χ1) is 12.0. The van der Waals surface area contributed by atoms with Crippen molar-refractivity contribution < 1.29 is 13.2 Å². The van der Waals surface area contributed by atoms with Crippen molar-refractivity contribution in [3.05, 3.63) is 46.8 Å². The van der Waals surface area contributed by atoms with Crippen LogP contribution in [0.5, 0.6) is 0 Å². The molecule has 0 atom stereocenters. The van der Waals surface area contributed by atoms with Gasteiger partial charge in [0.05, 0.1) is 5.56 Å². The Bertz CT molecular complexity index is 923. The van der Waals surface area contributed by atoms with Crippen LogP contribution in [-0.4, -0.2) is 0 Å². The summed E-state index contributed by atoms with van der Waals surface area (Å²) in [5, 5.41) is 0. The molecule has 1 fully saturated rings. The Kier molecular flexibility index (Phi) is 3.87. The highest BCUT2D eigenvalue weighted by molar-refractivity contribution is 6.03. The van der Waals surface area contributed by atoms with E-state index in [1.165, 1.54) is 0 Å². The molecule has 0 heterocycles. The van der Waals surface area contributed by atoms with E-state index in [-0.39, 0.29) is 22.6 Å². The van der Waals surface area contributed by atoms with Crippen LogP contribution in [0.4, 0.5) is 13.2 Å². The summed E-state index contributed by atoms with van der Waals surface area (Å²) in [7, 11) is 0. The third kappa shape index (κ3) is 2.39. The maximum Gasteiger partial charge on any atom is 0.167 e. The van der Waals surface area contributed by atoms with Gasteiger partial charge in [0.25, 0.3) is 0 Å². The smallest absolute Gasteiger partial charge is 0.167 e. The molecule has 0 unspecified atom stereocenters. The normalized spacial score (nSPS) is 20.8. The van der Waals surface area contributed by atoms with Crippen molar-refractivity contribution in [1.82, 2.24) is 0 Å². The SMILES string of the molecule is CC#Cc1ccc2c(c1F)-c1c-2cc(C2CCC(C)CC2)c(F)c1F. The molecule has 3 heteroatoms. The van der Waals surface area contributed by atoms with Gasteiger partial charge in [-0.2, -0.15) is 0 Å². The molecule has 0 N–H and O–H groups in total. The summed E-state index contributed by atoms with van der Waals surface area (Å²) in [4.78, 5) is 0. The van der Waals surface area contributed by atoms with Crippen LogP contribution in [0.2, 0.25) is 0 Å². The zero-order valence-corrected chi connectivity index (χ0v) is 14.3. The Morgan fingerprint density at radius 1 is 0.880 bits per heavy atom. The first kappa shape index (κ1) is 16.3. The van der Waals surface area contributed by atoms with Crippen molar-refractivity contribution in [2.24, 2.45) is 5.92 Å². The van der Waals surface area contributed by atoms with E-state index in [4.69, 9.17) is 0 Å². The maximum atomic E-state index is 14.7. The molecule has 0 amide bonds. The molecule has 128 valence electrons. The molecule has 0 bridgehead atoms. The second kappa shape index (κ2) is 5.95. The van der Waals surface area contributed by atoms with Crippen molar-refractivity contribution in [1.29, 1.82) is 0 Å². The fourth-order valence-electron chi connectivity index (χ4n) is 4.18. The first-order valence-corrected chi connectivity index (χ1v) is 8.80. The van der Waals surface area contributed by atoms with Crippen molar-refractivity contribution in [2.75, 3.05) is 0 Å². The third-order valence-corrected chi connectivity index (χ3v) is 5.63. The van der Waals surface area contributed by atoms with Gasteiger partial charge < -0.3 is 0 Å². The summed E-state index contributed by atoms with van der Waals surface area (Å²) >= 11 is 0. The average molecular weight is 340 g/mol. The van der Waals surface area contributed by atoms with Gasteiger partial charge in [-0.05, 0) is 60.4 Å². The molecule has 0 aromatic heterocycles. The third-order valence-electron chi connectivity index (χ3n) is 5.63. The number of fused-ring (bicyclic) bond motifs is 4. The van der Waals surface area contributed by atoms with Gasteiger partial charge in [0.15, 0.2) is 11.6 Å². The van der Waals surface area contributed by atoms with E-state index in [1.807, 2.05) is 0 Å². The standard InChI is InChI=1S/C22H19F3/c1-3-4-14-9-10-15-17-11-16(13-7-5-12(2)6-8-13)21(24)22(25)19(17)18(15)20(14)23/h9-13H,5-8H2,1-2H3. The number of rotatable bonds is 1. The number of hydrogen-bond donors (Lipinski definition) is 0. The van der Waals surface area contributed by atoms with Gasteiger partial charge in [-0.15, -0.1) is 5.92 Å². The van der Waals surface area contributed by atoms with Gasteiger partial charge in [0.1, 0.15) is 5.82 Å². The van der Waals surface area contributed by atoms with Crippen LogP contribution in [0.3, 0.4) is 0 Å². The Hall–Kier alpha value is -2.21. The van der Waals surface area contributed by atoms with Crippen LogP contribution in [0.1, 0.15) is 56.6 Å². The fourth-order valence-corrected chi connectivity index (χ4v) is 4.18. The van der Waals surface area contributed by atoms with Crippen LogP contribution < -0.4 is 0 Å². The molecule has 0 saturated heterocycles. The molecule has 0 radical (unpaired) electrons. The zero-order valence-electron chi connectivity index (χ0n) is 14.3. The van der Waals surface area contributed by atoms with Gasteiger partial charge in [-0.1, -0.05) is 31.8 Å². The van der Waals surface area contributed by atoms with E-state index in [9.17, 15) is 13.2 Å². The number of halogens is 3. The van der Waals surface area contributed by atoms with E-state index in [2.05, 4.69) is 18.8 Å². The van der Waals surface area contributed by atoms with E-state index in [0.717, 1.165) is 25.7 Å². The second-order valence-electron chi connectivity index (χ2n) is 7.20.